The van der Waals surface area contributed by atoms with Crippen LogP contribution in [0.15, 0.2) is 6.20 Å². The minimum Gasteiger partial charge on any atom is -0.356 e. The van der Waals surface area contributed by atoms with Crippen molar-refractivity contribution in [2.45, 2.75) is 46.6 Å². The highest BCUT2D eigenvalue weighted by atomic mass is 16.1. The number of amides is 1. The van der Waals surface area contributed by atoms with E-state index in [1.807, 2.05) is 17.9 Å². The quantitative estimate of drug-likeness (QED) is 0.714. The smallest absolute Gasteiger partial charge is 0.221 e. The molecule has 5 heteroatoms. The van der Waals surface area contributed by atoms with E-state index >= 15 is 0 Å². The molecular formula is C15H28N4O. The topological polar surface area (TPSA) is 59.0 Å². The molecule has 2 N–H and O–H groups in total. The van der Waals surface area contributed by atoms with Crippen molar-refractivity contribution in [1.29, 1.82) is 0 Å². The third-order valence-corrected chi connectivity index (χ3v) is 3.04. The molecule has 0 atom stereocenters. The van der Waals surface area contributed by atoms with Crippen molar-refractivity contribution >= 4 is 5.91 Å². The zero-order valence-corrected chi connectivity index (χ0v) is 13.4. The first-order valence-corrected chi connectivity index (χ1v) is 7.40. The van der Waals surface area contributed by atoms with E-state index in [0.717, 1.165) is 18.8 Å². The van der Waals surface area contributed by atoms with Crippen LogP contribution >= 0.6 is 0 Å². The Morgan fingerprint density at radius 1 is 1.35 bits per heavy atom. The second kappa shape index (κ2) is 8.04. The average Bonchev–Trinajstić information content (AvgIpc) is 2.73. The summed E-state index contributed by atoms with van der Waals surface area (Å²) in [4.78, 5) is 11.6. The van der Waals surface area contributed by atoms with E-state index < -0.39 is 0 Å². The molecule has 0 saturated carbocycles. The van der Waals surface area contributed by atoms with Crippen molar-refractivity contribution in [2.24, 2.45) is 13.0 Å². The summed E-state index contributed by atoms with van der Waals surface area (Å²) in [5.41, 5.74) is 2.34. The average molecular weight is 280 g/mol. The van der Waals surface area contributed by atoms with Crippen molar-refractivity contribution in [3.63, 3.8) is 0 Å². The van der Waals surface area contributed by atoms with Gasteiger partial charge in [-0.2, -0.15) is 5.10 Å². The number of hydrogen-bond donors (Lipinski definition) is 2. The molecule has 0 saturated heterocycles. The summed E-state index contributed by atoms with van der Waals surface area (Å²) in [6, 6.07) is 0. The number of nitrogens with zero attached hydrogens (tertiary/aromatic N) is 2. The molecule has 0 aliphatic rings. The van der Waals surface area contributed by atoms with E-state index in [1.54, 1.807) is 0 Å². The fourth-order valence-electron chi connectivity index (χ4n) is 2.01. The lowest BCUT2D eigenvalue weighted by Crippen LogP contribution is -2.30. The van der Waals surface area contributed by atoms with Crippen LogP contribution in [-0.2, 0) is 18.4 Å². The molecule has 0 fully saturated rings. The highest BCUT2D eigenvalue weighted by Crippen LogP contribution is 2.16. The molecule has 20 heavy (non-hydrogen) atoms. The molecule has 1 heterocycles. The van der Waals surface area contributed by atoms with Gasteiger partial charge in [0.05, 0.1) is 5.69 Å². The molecule has 5 nitrogen and oxygen atoms in total. The van der Waals surface area contributed by atoms with Gasteiger partial charge in [-0.1, -0.05) is 27.7 Å². The molecular weight excluding hydrogens is 252 g/mol. The standard InChI is InChI=1S/C15H28N4O/c1-11(2)8-17-14(20)6-7-16-9-13-10-19(5)18-15(13)12(3)4/h10-12,16H,6-9H2,1-5H3,(H,17,20). The van der Waals surface area contributed by atoms with Crippen LogP contribution in [0.1, 0.15) is 51.3 Å². The van der Waals surface area contributed by atoms with Crippen LogP contribution in [0.4, 0.5) is 0 Å². The molecule has 1 rings (SSSR count). The van der Waals surface area contributed by atoms with Gasteiger partial charge in [0.2, 0.25) is 5.91 Å². The van der Waals surface area contributed by atoms with E-state index in [9.17, 15) is 4.79 Å². The van der Waals surface area contributed by atoms with Gasteiger partial charge in [0.15, 0.2) is 0 Å². The maximum atomic E-state index is 11.6. The van der Waals surface area contributed by atoms with Crippen molar-refractivity contribution in [3.05, 3.63) is 17.5 Å². The van der Waals surface area contributed by atoms with Crippen molar-refractivity contribution in [3.8, 4) is 0 Å². The Hall–Kier alpha value is -1.36. The van der Waals surface area contributed by atoms with Gasteiger partial charge in [0.25, 0.3) is 0 Å². The fourth-order valence-corrected chi connectivity index (χ4v) is 2.01. The first-order valence-electron chi connectivity index (χ1n) is 7.40. The summed E-state index contributed by atoms with van der Waals surface area (Å²) < 4.78 is 1.85. The Morgan fingerprint density at radius 2 is 2.05 bits per heavy atom. The predicted octanol–water partition coefficient (Wildman–Crippen LogP) is 1.80. The van der Waals surface area contributed by atoms with Crippen LogP contribution in [0.5, 0.6) is 0 Å². The van der Waals surface area contributed by atoms with Gasteiger partial charge in [-0.25, -0.2) is 0 Å². The third kappa shape index (κ3) is 5.74. The first-order chi connectivity index (χ1) is 9.40. The van der Waals surface area contributed by atoms with E-state index in [0.29, 0.717) is 24.8 Å². The van der Waals surface area contributed by atoms with Crippen LogP contribution in [-0.4, -0.2) is 28.8 Å². The van der Waals surface area contributed by atoms with Crippen molar-refractivity contribution in [2.75, 3.05) is 13.1 Å². The van der Waals surface area contributed by atoms with Crippen LogP contribution in [0, 0.1) is 5.92 Å². The van der Waals surface area contributed by atoms with E-state index in [2.05, 4.69) is 43.4 Å². The second-order valence-electron chi connectivity index (χ2n) is 5.99. The lowest BCUT2D eigenvalue weighted by atomic mass is 10.1. The van der Waals surface area contributed by atoms with Crippen LogP contribution in [0.2, 0.25) is 0 Å². The van der Waals surface area contributed by atoms with Crippen LogP contribution < -0.4 is 10.6 Å². The SMILES string of the molecule is CC(C)CNC(=O)CCNCc1cn(C)nc1C(C)C. The van der Waals surface area contributed by atoms with Gasteiger partial charge in [-0.05, 0) is 11.8 Å². The van der Waals surface area contributed by atoms with E-state index in [4.69, 9.17) is 0 Å². The Kier molecular flexibility index (Phi) is 6.71. The zero-order chi connectivity index (χ0) is 15.1. The molecule has 0 bridgehead atoms. The molecule has 0 spiro atoms. The van der Waals surface area contributed by atoms with Crippen molar-refractivity contribution < 1.29 is 4.79 Å². The monoisotopic (exact) mass is 280 g/mol. The molecule has 114 valence electrons. The van der Waals surface area contributed by atoms with Gasteiger partial charge in [0, 0.05) is 44.9 Å². The number of hydrogen-bond acceptors (Lipinski definition) is 3. The van der Waals surface area contributed by atoms with Crippen LogP contribution in [0.3, 0.4) is 0 Å². The molecule has 0 aliphatic heterocycles. The Bertz CT molecular complexity index is 424. The molecule has 0 unspecified atom stereocenters. The zero-order valence-electron chi connectivity index (χ0n) is 13.4. The Morgan fingerprint density at radius 3 is 2.65 bits per heavy atom. The highest BCUT2D eigenvalue weighted by molar-refractivity contribution is 5.76. The summed E-state index contributed by atoms with van der Waals surface area (Å²) in [5.74, 6) is 1.03. The Labute approximate surface area is 122 Å². The fraction of sp³-hybridized carbons (Fsp3) is 0.733. The molecule has 0 aromatic carbocycles. The minimum absolute atomic E-state index is 0.112. The number of carbonyl (C=O) groups excluding carboxylic acids is 1. The number of carbonyl (C=O) groups is 1. The predicted molar refractivity (Wildman–Crippen MR) is 81.5 cm³/mol. The van der Waals surface area contributed by atoms with Crippen LogP contribution in [0.25, 0.3) is 0 Å². The molecule has 0 radical (unpaired) electrons. The van der Waals surface area contributed by atoms with Gasteiger partial charge < -0.3 is 10.6 Å². The normalized spacial score (nSPS) is 11.3. The summed E-state index contributed by atoms with van der Waals surface area (Å²) in [5, 5.41) is 10.7. The second-order valence-corrected chi connectivity index (χ2v) is 5.99. The number of rotatable bonds is 8. The van der Waals surface area contributed by atoms with Gasteiger partial charge in [-0.3, -0.25) is 9.48 Å². The molecule has 1 aromatic heterocycles. The maximum Gasteiger partial charge on any atom is 0.221 e. The summed E-state index contributed by atoms with van der Waals surface area (Å²) in [6.45, 7) is 10.7. The highest BCUT2D eigenvalue weighted by Gasteiger charge is 2.11. The van der Waals surface area contributed by atoms with Gasteiger partial charge in [-0.15, -0.1) is 0 Å². The summed E-state index contributed by atoms with van der Waals surface area (Å²) >= 11 is 0. The summed E-state index contributed by atoms with van der Waals surface area (Å²) in [6.07, 6.45) is 2.56. The van der Waals surface area contributed by atoms with Gasteiger partial charge in [0.1, 0.15) is 0 Å². The number of aryl methyl sites for hydroxylation is 1. The van der Waals surface area contributed by atoms with E-state index in [-0.39, 0.29) is 5.91 Å². The first kappa shape index (κ1) is 16.7. The number of aromatic nitrogens is 2. The van der Waals surface area contributed by atoms with E-state index in [1.165, 1.54) is 5.56 Å². The Balaban J connectivity index is 2.29. The largest absolute Gasteiger partial charge is 0.356 e. The molecule has 1 amide bonds. The lowest BCUT2D eigenvalue weighted by molar-refractivity contribution is -0.121. The maximum absolute atomic E-state index is 11.6. The lowest BCUT2D eigenvalue weighted by Gasteiger charge is -2.09. The third-order valence-electron chi connectivity index (χ3n) is 3.04. The van der Waals surface area contributed by atoms with Gasteiger partial charge >= 0.3 is 0 Å². The molecule has 0 aliphatic carbocycles. The summed E-state index contributed by atoms with van der Waals surface area (Å²) in [7, 11) is 1.94. The van der Waals surface area contributed by atoms with Crippen molar-refractivity contribution in [1.82, 2.24) is 20.4 Å². The minimum atomic E-state index is 0.112. The number of nitrogens with one attached hydrogen (secondary N) is 2. The molecule has 1 aromatic rings.